The lowest BCUT2D eigenvalue weighted by molar-refractivity contribution is 0.568. The monoisotopic (exact) mass is 248 g/mol. The number of benzene rings is 1. The molecular weight excluding hydrogens is 231 g/mol. The third-order valence-electron chi connectivity index (χ3n) is 2.79. The van der Waals surface area contributed by atoms with E-state index in [0.29, 0.717) is 6.54 Å². The van der Waals surface area contributed by atoms with E-state index in [4.69, 9.17) is 4.42 Å². The molecule has 2 aromatic rings. The normalized spacial score (nSPS) is 10.8. The van der Waals surface area contributed by atoms with E-state index in [1.807, 2.05) is 6.92 Å². The molecule has 0 saturated heterocycles. The standard InChI is InChI=1S/C14H17FN2O/c1-3-6-16-8-13-14(18-9-17-13)12-5-4-11(15)7-10(12)2/h4-5,7,9,16H,3,6,8H2,1-2H3. The van der Waals surface area contributed by atoms with Gasteiger partial charge in [0.05, 0.1) is 0 Å². The molecule has 0 spiro atoms. The highest BCUT2D eigenvalue weighted by Crippen LogP contribution is 2.26. The topological polar surface area (TPSA) is 38.1 Å². The lowest BCUT2D eigenvalue weighted by atomic mass is 10.0. The smallest absolute Gasteiger partial charge is 0.181 e. The van der Waals surface area contributed by atoms with E-state index in [1.54, 1.807) is 6.07 Å². The van der Waals surface area contributed by atoms with Crippen molar-refractivity contribution >= 4 is 0 Å². The molecule has 0 aliphatic rings. The number of aryl methyl sites for hydroxylation is 1. The lowest BCUT2D eigenvalue weighted by Crippen LogP contribution is -2.14. The minimum atomic E-state index is -0.235. The predicted molar refractivity (Wildman–Crippen MR) is 68.6 cm³/mol. The summed E-state index contributed by atoms with van der Waals surface area (Å²) in [7, 11) is 0. The maximum absolute atomic E-state index is 13.1. The fourth-order valence-electron chi connectivity index (χ4n) is 1.88. The Morgan fingerprint density at radius 2 is 2.22 bits per heavy atom. The van der Waals surface area contributed by atoms with E-state index in [2.05, 4.69) is 17.2 Å². The van der Waals surface area contributed by atoms with Crippen LogP contribution in [0.5, 0.6) is 0 Å². The molecule has 3 nitrogen and oxygen atoms in total. The summed E-state index contributed by atoms with van der Waals surface area (Å²) in [5, 5.41) is 3.28. The van der Waals surface area contributed by atoms with E-state index < -0.39 is 0 Å². The summed E-state index contributed by atoms with van der Waals surface area (Å²) in [6, 6.07) is 4.67. The highest BCUT2D eigenvalue weighted by Gasteiger charge is 2.12. The number of nitrogens with zero attached hydrogens (tertiary/aromatic N) is 1. The molecule has 2 rings (SSSR count). The fraction of sp³-hybridized carbons (Fsp3) is 0.357. The summed E-state index contributed by atoms with van der Waals surface area (Å²) in [4.78, 5) is 4.21. The summed E-state index contributed by atoms with van der Waals surface area (Å²) in [5.41, 5.74) is 2.60. The van der Waals surface area contributed by atoms with Crippen molar-refractivity contribution < 1.29 is 8.81 Å². The second-order valence-corrected chi connectivity index (χ2v) is 4.26. The van der Waals surface area contributed by atoms with Crippen molar-refractivity contribution in [3.63, 3.8) is 0 Å². The van der Waals surface area contributed by atoms with Gasteiger partial charge in [0, 0.05) is 12.1 Å². The Morgan fingerprint density at radius 3 is 2.94 bits per heavy atom. The molecular formula is C14H17FN2O. The first kappa shape index (κ1) is 12.8. The molecule has 1 heterocycles. The summed E-state index contributed by atoms with van der Waals surface area (Å²) < 4.78 is 18.5. The molecule has 0 aliphatic carbocycles. The SMILES string of the molecule is CCCNCc1ncoc1-c1ccc(F)cc1C. The van der Waals surface area contributed by atoms with Gasteiger partial charge in [-0.25, -0.2) is 9.37 Å². The van der Waals surface area contributed by atoms with Crippen LogP contribution in [0.3, 0.4) is 0 Å². The zero-order chi connectivity index (χ0) is 13.0. The number of nitrogens with one attached hydrogen (secondary N) is 1. The molecule has 0 radical (unpaired) electrons. The van der Waals surface area contributed by atoms with Gasteiger partial charge in [0.15, 0.2) is 12.2 Å². The highest BCUT2D eigenvalue weighted by atomic mass is 19.1. The maximum Gasteiger partial charge on any atom is 0.181 e. The molecule has 1 aromatic heterocycles. The number of hydrogen-bond acceptors (Lipinski definition) is 3. The van der Waals surface area contributed by atoms with Gasteiger partial charge in [-0.15, -0.1) is 0 Å². The second kappa shape index (κ2) is 5.78. The van der Waals surface area contributed by atoms with Gasteiger partial charge < -0.3 is 9.73 Å². The molecule has 0 aliphatic heterocycles. The van der Waals surface area contributed by atoms with E-state index in [1.165, 1.54) is 18.5 Å². The van der Waals surface area contributed by atoms with E-state index in [9.17, 15) is 4.39 Å². The third-order valence-corrected chi connectivity index (χ3v) is 2.79. The van der Waals surface area contributed by atoms with Gasteiger partial charge in [-0.2, -0.15) is 0 Å². The molecule has 96 valence electrons. The van der Waals surface area contributed by atoms with Crippen molar-refractivity contribution in [1.82, 2.24) is 10.3 Å². The molecule has 1 N–H and O–H groups in total. The van der Waals surface area contributed by atoms with Gasteiger partial charge in [-0.1, -0.05) is 6.92 Å². The number of aromatic nitrogens is 1. The highest BCUT2D eigenvalue weighted by molar-refractivity contribution is 5.63. The van der Waals surface area contributed by atoms with Crippen LogP contribution >= 0.6 is 0 Å². The van der Waals surface area contributed by atoms with Gasteiger partial charge >= 0.3 is 0 Å². The van der Waals surface area contributed by atoms with Crippen molar-refractivity contribution in [2.75, 3.05) is 6.54 Å². The van der Waals surface area contributed by atoms with Crippen molar-refractivity contribution in [1.29, 1.82) is 0 Å². The first-order valence-corrected chi connectivity index (χ1v) is 6.12. The van der Waals surface area contributed by atoms with E-state index in [-0.39, 0.29) is 5.82 Å². The van der Waals surface area contributed by atoms with Gasteiger partial charge in [-0.05, 0) is 43.7 Å². The van der Waals surface area contributed by atoms with Crippen molar-refractivity contribution in [2.45, 2.75) is 26.8 Å². The minimum Gasteiger partial charge on any atom is -0.443 e. The number of oxazole rings is 1. The van der Waals surface area contributed by atoms with Crippen LogP contribution in [0.2, 0.25) is 0 Å². The van der Waals surface area contributed by atoms with Gasteiger partial charge in [0.2, 0.25) is 0 Å². The van der Waals surface area contributed by atoms with Crippen LogP contribution in [-0.4, -0.2) is 11.5 Å². The van der Waals surface area contributed by atoms with E-state index in [0.717, 1.165) is 35.5 Å². The van der Waals surface area contributed by atoms with Crippen molar-refractivity contribution in [2.24, 2.45) is 0 Å². The maximum atomic E-state index is 13.1. The van der Waals surface area contributed by atoms with E-state index >= 15 is 0 Å². The van der Waals surface area contributed by atoms with Crippen LogP contribution in [0.15, 0.2) is 29.0 Å². The Kier molecular flexibility index (Phi) is 4.10. The van der Waals surface area contributed by atoms with Crippen LogP contribution < -0.4 is 5.32 Å². The molecule has 1 aromatic carbocycles. The van der Waals surface area contributed by atoms with Crippen molar-refractivity contribution in [3.8, 4) is 11.3 Å². The first-order valence-electron chi connectivity index (χ1n) is 6.12. The lowest BCUT2D eigenvalue weighted by Gasteiger charge is -2.05. The summed E-state index contributed by atoms with van der Waals surface area (Å²) in [6.07, 6.45) is 2.50. The van der Waals surface area contributed by atoms with Crippen molar-refractivity contribution in [3.05, 3.63) is 41.7 Å². The molecule has 0 saturated carbocycles. The number of hydrogen-bond donors (Lipinski definition) is 1. The van der Waals surface area contributed by atoms with Gasteiger partial charge in [-0.3, -0.25) is 0 Å². The molecule has 0 amide bonds. The van der Waals surface area contributed by atoms with Crippen LogP contribution in [-0.2, 0) is 6.54 Å². The molecule has 0 unspecified atom stereocenters. The third kappa shape index (κ3) is 2.76. The Morgan fingerprint density at radius 1 is 1.39 bits per heavy atom. The second-order valence-electron chi connectivity index (χ2n) is 4.26. The Hall–Kier alpha value is -1.68. The van der Waals surface area contributed by atoms with Crippen LogP contribution in [0, 0.1) is 12.7 Å². The largest absolute Gasteiger partial charge is 0.443 e. The van der Waals surface area contributed by atoms with Crippen LogP contribution in [0.25, 0.3) is 11.3 Å². The zero-order valence-corrected chi connectivity index (χ0v) is 10.7. The van der Waals surface area contributed by atoms with Crippen LogP contribution in [0.1, 0.15) is 24.6 Å². The summed E-state index contributed by atoms with van der Waals surface area (Å²) >= 11 is 0. The first-order chi connectivity index (χ1) is 8.72. The molecule has 0 fully saturated rings. The van der Waals surface area contributed by atoms with Gasteiger partial charge in [0.25, 0.3) is 0 Å². The van der Waals surface area contributed by atoms with Gasteiger partial charge in [0.1, 0.15) is 11.5 Å². The fourth-order valence-corrected chi connectivity index (χ4v) is 1.88. The number of rotatable bonds is 5. The quantitative estimate of drug-likeness (QED) is 0.825. The minimum absolute atomic E-state index is 0.235. The predicted octanol–water partition coefficient (Wildman–Crippen LogP) is 3.29. The summed E-state index contributed by atoms with van der Waals surface area (Å²) in [5.74, 6) is 0.484. The summed E-state index contributed by atoms with van der Waals surface area (Å²) in [6.45, 7) is 5.58. The molecule has 18 heavy (non-hydrogen) atoms. The number of halogens is 1. The average molecular weight is 248 g/mol. The Labute approximate surface area is 106 Å². The van der Waals surface area contributed by atoms with Crippen LogP contribution in [0.4, 0.5) is 4.39 Å². The molecule has 0 atom stereocenters. The Balaban J connectivity index is 2.25. The average Bonchev–Trinajstić information content (AvgIpc) is 2.78. The molecule has 4 heteroatoms. The zero-order valence-electron chi connectivity index (χ0n) is 10.7. The molecule has 0 bridgehead atoms. The Bertz CT molecular complexity index is 522.